The number of nitrogens with zero attached hydrogens (tertiary/aromatic N) is 1. The number of nitro groups is 1. The van der Waals surface area contributed by atoms with E-state index in [9.17, 15) is 19.7 Å². The second-order valence-electron chi connectivity index (χ2n) is 4.70. The highest BCUT2D eigenvalue weighted by molar-refractivity contribution is 6.22. The summed E-state index contributed by atoms with van der Waals surface area (Å²) in [7, 11) is 0. The fraction of sp³-hybridized carbons (Fsp3) is 0.412. The Morgan fingerprint density at radius 2 is 1.72 bits per heavy atom. The number of carbonyl (C=O) groups excluding carboxylic acids is 2. The minimum Gasteiger partial charge on any atom is -0.462 e. The fourth-order valence-electron chi connectivity index (χ4n) is 2.00. The molecule has 0 amide bonds. The molecule has 1 rings (SSSR count). The summed E-state index contributed by atoms with van der Waals surface area (Å²) in [5.41, 5.74) is -0.500. The fourth-order valence-corrected chi connectivity index (χ4v) is 2.00. The Morgan fingerprint density at radius 3 is 2.24 bits per heavy atom. The quantitative estimate of drug-likeness (QED) is 0.121. The predicted octanol–water partition coefficient (Wildman–Crippen LogP) is 2.51. The molecular formula is C17H21NO7. The second kappa shape index (κ2) is 10.3. The topological polar surface area (TPSA) is 105 Å². The first-order valence-electron chi connectivity index (χ1n) is 7.85. The summed E-state index contributed by atoms with van der Waals surface area (Å²) in [5.74, 6) is -1.64. The summed E-state index contributed by atoms with van der Waals surface area (Å²) < 4.78 is 15.3. The summed E-state index contributed by atoms with van der Waals surface area (Å²) in [6.45, 7) is 5.38. The van der Waals surface area contributed by atoms with E-state index in [1.807, 2.05) is 0 Å². The zero-order valence-corrected chi connectivity index (χ0v) is 14.4. The van der Waals surface area contributed by atoms with E-state index < -0.39 is 23.0 Å². The molecule has 0 aliphatic heterocycles. The molecule has 0 aliphatic carbocycles. The van der Waals surface area contributed by atoms with Crippen molar-refractivity contribution < 1.29 is 28.7 Å². The van der Waals surface area contributed by atoms with Crippen molar-refractivity contribution in [2.24, 2.45) is 0 Å². The molecule has 0 aromatic heterocycles. The van der Waals surface area contributed by atoms with Crippen molar-refractivity contribution in [3.63, 3.8) is 0 Å². The predicted molar refractivity (Wildman–Crippen MR) is 89.8 cm³/mol. The monoisotopic (exact) mass is 351 g/mol. The highest BCUT2D eigenvalue weighted by atomic mass is 16.7. The van der Waals surface area contributed by atoms with Gasteiger partial charge in [-0.25, -0.2) is 4.79 Å². The van der Waals surface area contributed by atoms with Crippen molar-refractivity contribution >= 4 is 23.5 Å². The van der Waals surface area contributed by atoms with Crippen LogP contribution in [0.5, 0.6) is 0 Å². The van der Waals surface area contributed by atoms with Crippen molar-refractivity contribution in [2.45, 2.75) is 27.1 Å². The molecule has 0 unspecified atom stereocenters. The Hall–Kier alpha value is -2.58. The van der Waals surface area contributed by atoms with Crippen molar-refractivity contribution in [2.75, 3.05) is 19.8 Å². The molecule has 1 aromatic rings. The van der Waals surface area contributed by atoms with E-state index >= 15 is 0 Å². The number of ether oxygens (including phenoxy) is 3. The number of rotatable bonds is 10. The van der Waals surface area contributed by atoms with Gasteiger partial charge in [-0.05, 0) is 32.9 Å². The third-order valence-corrected chi connectivity index (χ3v) is 3.04. The molecule has 0 N–H and O–H groups in total. The Kier molecular flexibility index (Phi) is 8.45. The highest BCUT2D eigenvalue weighted by Crippen LogP contribution is 2.22. The smallest absolute Gasteiger partial charge is 0.341 e. The summed E-state index contributed by atoms with van der Waals surface area (Å²) in [6.07, 6.45) is -0.155. The molecule has 0 saturated heterocycles. The third kappa shape index (κ3) is 5.77. The molecule has 8 nitrogen and oxygen atoms in total. The van der Waals surface area contributed by atoms with Crippen LogP contribution in [0, 0.1) is 10.1 Å². The van der Waals surface area contributed by atoms with Gasteiger partial charge in [0, 0.05) is 19.3 Å². The molecule has 0 bridgehead atoms. The Morgan fingerprint density at radius 1 is 1.12 bits per heavy atom. The Balaban J connectivity index is 3.36. The first kappa shape index (κ1) is 20.5. The van der Waals surface area contributed by atoms with Crippen molar-refractivity contribution in [1.82, 2.24) is 0 Å². The first-order valence-corrected chi connectivity index (χ1v) is 7.85. The lowest BCUT2D eigenvalue weighted by atomic mass is 10.1. The lowest BCUT2D eigenvalue weighted by Crippen LogP contribution is -2.32. The molecule has 8 heteroatoms. The summed E-state index contributed by atoms with van der Waals surface area (Å²) >= 11 is 0. The van der Waals surface area contributed by atoms with Crippen LogP contribution in [-0.2, 0) is 23.8 Å². The molecule has 0 atom stereocenters. The van der Waals surface area contributed by atoms with Crippen LogP contribution in [0.3, 0.4) is 0 Å². The number of carbonyl (C=O) groups is 2. The largest absolute Gasteiger partial charge is 0.462 e. The lowest BCUT2D eigenvalue weighted by Gasteiger charge is -2.16. The van der Waals surface area contributed by atoms with E-state index in [-0.39, 0.29) is 36.6 Å². The molecule has 1 aromatic carbocycles. The third-order valence-electron chi connectivity index (χ3n) is 3.04. The molecule has 136 valence electrons. The minimum atomic E-state index is -1.28. The number of Topliss-reactive ketones (excluding diaryl/α,β-unsaturated/α-hetero) is 1. The van der Waals surface area contributed by atoms with E-state index in [4.69, 9.17) is 14.2 Å². The van der Waals surface area contributed by atoms with Crippen LogP contribution in [0.4, 0.5) is 5.69 Å². The van der Waals surface area contributed by atoms with Gasteiger partial charge in [0.1, 0.15) is 5.57 Å². The molecular weight excluding hydrogens is 330 g/mol. The van der Waals surface area contributed by atoms with Crippen LogP contribution in [0.2, 0.25) is 0 Å². The van der Waals surface area contributed by atoms with Crippen LogP contribution in [-0.4, -0.2) is 42.8 Å². The molecule has 25 heavy (non-hydrogen) atoms. The van der Waals surface area contributed by atoms with Gasteiger partial charge in [0.05, 0.1) is 17.1 Å². The lowest BCUT2D eigenvalue weighted by molar-refractivity contribution is -0.385. The first-order chi connectivity index (χ1) is 12.0. The maximum Gasteiger partial charge on any atom is 0.341 e. The van der Waals surface area contributed by atoms with Crippen LogP contribution >= 0.6 is 0 Å². The van der Waals surface area contributed by atoms with Gasteiger partial charge in [-0.15, -0.1) is 0 Å². The average Bonchev–Trinajstić information content (AvgIpc) is 2.59. The standard InChI is InChI=1S/C17H21NO7/c1-4-23-16(20)13(15(19)17(24-5-2)25-6-3)11-12-9-7-8-10-14(12)18(21)22/h7-11,17H,4-6H2,1-3H3. The van der Waals surface area contributed by atoms with Crippen LogP contribution < -0.4 is 0 Å². The van der Waals surface area contributed by atoms with Gasteiger partial charge in [0.15, 0.2) is 0 Å². The van der Waals surface area contributed by atoms with E-state index in [2.05, 4.69) is 0 Å². The van der Waals surface area contributed by atoms with Crippen molar-refractivity contribution in [3.8, 4) is 0 Å². The van der Waals surface area contributed by atoms with E-state index in [0.29, 0.717) is 0 Å². The Labute approximate surface area is 145 Å². The molecule has 0 aliphatic rings. The molecule has 0 spiro atoms. The van der Waals surface area contributed by atoms with Gasteiger partial charge in [-0.3, -0.25) is 14.9 Å². The average molecular weight is 351 g/mol. The van der Waals surface area contributed by atoms with Crippen molar-refractivity contribution in [1.29, 1.82) is 0 Å². The molecule has 0 fully saturated rings. The zero-order chi connectivity index (χ0) is 18.8. The maximum absolute atomic E-state index is 12.6. The number of hydrogen-bond donors (Lipinski definition) is 0. The summed E-state index contributed by atoms with van der Waals surface area (Å²) in [5, 5.41) is 11.1. The number of nitro benzene ring substituents is 1. The number of benzene rings is 1. The zero-order valence-electron chi connectivity index (χ0n) is 14.4. The van der Waals surface area contributed by atoms with Crippen LogP contribution in [0.25, 0.3) is 6.08 Å². The highest BCUT2D eigenvalue weighted by Gasteiger charge is 2.29. The van der Waals surface area contributed by atoms with Gasteiger partial charge in [-0.1, -0.05) is 12.1 Å². The van der Waals surface area contributed by atoms with Gasteiger partial charge in [0.2, 0.25) is 12.1 Å². The maximum atomic E-state index is 12.6. The van der Waals surface area contributed by atoms with Crippen LogP contribution in [0.15, 0.2) is 29.8 Å². The number of para-hydroxylation sites is 1. The molecule has 0 radical (unpaired) electrons. The summed E-state index contributed by atoms with van der Waals surface area (Å²) in [4.78, 5) is 35.4. The second-order valence-corrected chi connectivity index (χ2v) is 4.70. The van der Waals surface area contributed by atoms with E-state index in [1.165, 1.54) is 18.2 Å². The normalized spacial score (nSPS) is 11.4. The van der Waals surface area contributed by atoms with Crippen molar-refractivity contribution in [3.05, 3.63) is 45.5 Å². The number of esters is 1. The number of hydrogen-bond acceptors (Lipinski definition) is 7. The Bertz CT molecular complexity index is 648. The van der Waals surface area contributed by atoms with Crippen LogP contribution in [0.1, 0.15) is 26.3 Å². The van der Waals surface area contributed by atoms with E-state index in [0.717, 1.165) is 6.08 Å². The van der Waals surface area contributed by atoms with Gasteiger partial charge in [-0.2, -0.15) is 0 Å². The number of ketones is 1. The van der Waals surface area contributed by atoms with Gasteiger partial charge in [0.25, 0.3) is 5.69 Å². The summed E-state index contributed by atoms with van der Waals surface area (Å²) in [6, 6.07) is 5.77. The minimum absolute atomic E-state index is 0.0499. The van der Waals surface area contributed by atoms with Gasteiger partial charge >= 0.3 is 5.97 Å². The van der Waals surface area contributed by atoms with E-state index in [1.54, 1.807) is 26.8 Å². The molecule has 0 saturated carbocycles. The SMILES string of the molecule is CCOC(=O)C(=Cc1ccccc1[N+](=O)[O-])C(=O)C(OCC)OCC. The molecule has 0 heterocycles. The van der Waals surface area contributed by atoms with Gasteiger partial charge < -0.3 is 14.2 Å².